The van der Waals surface area contributed by atoms with Crippen molar-refractivity contribution in [2.75, 3.05) is 19.6 Å². The SMILES string of the molecule is Cl.NCC(=O)N1CCCCC1CN. The number of carbonyl (C=O) groups is 1. The van der Waals surface area contributed by atoms with Crippen molar-refractivity contribution < 1.29 is 4.79 Å². The minimum Gasteiger partial charge on any atom is -0.337 e. The van der Waals surface area contributed by atoms with Gasteiger partial charge in [0.15, 0.2) is 0 Å². The number of hydrogen-bond donors (Lipinski definition) is 2. The van der Waals surface area contributed by atoms with Crippen molar-refractivity contribution in [1.29, 1.82) is 0 Å². The van der Waals surface area contributed by atoms with Crippen molar-refractivity contribution in [3.05, 3.63) is 0 Å². The molecular weight excluding hydrogens is 190 g/mol. The van der Waals surface area contributed by atoms with Crippen LogP contribution in [0.25, 0.3) is 0 Å². The minimum atomic E-state index is 0. The Morgan fingerprint density at radius 2 is 2.08 bits per heavy atom. The molecule has 1 amide bonds. The summed E-state index contributed by atoms with van der Waals surface area (Å²) in [5, 5.41) is 0. The Kier molecular flexibility index (Phi) is 6.03. The van der Waals surface area contributed by atoms with Gasteiger partial charge >= 0.3 is 0 Å². The molecule has 1 aliphatic rings. The molecule has 0 aromatic rings. The maximum Gasteiger partial charge on any atom is 0.236 e. The molecule has 78 valence electrons. The highest BCUT2D eigenvalue weighted by Crippen LogP contribution is 2.15. The second-order valence-corrected chi connectivity index (χ2v) is 3.18. The molecule has 0 aromatic carbocycles. The molecule has 0 radical (unpaired) electrons. The number of amides is 1. The normalized spacial score (nSPS) is 22.3. The van der Waals surface area contributed by atoms with Crippen molar-refractivity contribution in [2.24, 2.45) is 11.5 Å². The molecule has 0 spiro atoms. The molecule has 0 aromatic heterocycles. The summed E-state index contributed by atoms with van der Waals surface area (Å²) in [6.07, 6.45) is 3.29. The van der Waals surface area contributed by atoms with Gasteiger partial charge in [-0.2, -0.15) is 0 Å². The molecule has 1 fully saturated rings. The Morgan fingerprint density at radius 3 is 2.62 bits per heavy atom. The predicted octanol–water partition coefficient (Wildman–Crippen LogP) is -0.293. The second kappa shape index (κ2) is 6.18. The van der Waals surface area contributed by atoms with E-state index >= 15 is 0 Å². The Balaban J connectivity index is 0.00000144. The van der Waals surface area contributed by atoms with E-state index in [1.165, 1.54) is 6.42 Å². The van der Waals surface area contributed by atoms with E-state index in [4.69, 9.17) is 11.5 Å². The molecule has 1 unspecified atom stereocenters. The number of nitrogens with two attached hydrogens (primary N) is 2. The summed E-state index contributed by atoms with van der Waals surface area (Å²) in [6, 6.07) is 0.231. The topological polar surface area (TPSA) is 72.4 Å². The minimum absolute atomic E-state index is 0. The molecule has 1 rings (SSSR count). The summed E-state index contributed by atoms with van der Waals surface area (Å²) >= 11 is 0. The third kappa shape index (κ3) is 3.14. The lowest BCUT2D eigenvalue weighted by atomic mass is 10.0. The molecule has 1 heterocycles. The molecule has 0 aliphatic carbocycles. The van der Waals surface area contributed by atoms with E-state index in [2.05, 4.69) is 0 Å². The zero-order valence-electron chi connectivity index (χ0n) is 7.74. The average molecular weight is 208 g/mol. The lowest BCUT2D eigenvalue weighted by molar-refractivity contribution is -0.133. The van der Waals surface area contributed by atoms with Gasteiger partial charge in [-0.3, -0.25) is 4.79 Å². The van der Waals surface area contributed by atoms with Gasteiger partial charge in [-0.05, 0) is 19.3 Å². The predicted molar refractivity (Wildman–Crippen MR) is 54.7 cm³/mol. The lowest BCUT2D eigenvalue weighted by Gasteiger charge is -2.34. The van der Waals surface area contributed by atoms with Crippen LogP contribution >= 0.6 is 12.4 Å². The zero-order chi connectivity index (χ0) is 8.97. The van der Waals surface area contributed by atoms with Crippen LogP contribution in [-0.2, 0) is 4.79 Å². The van der Waals surface area contributed by atoms with Crippen LogP contribution in [0.2, 0.25) is 0 Å². The first kappa shape index (κ1) is 12.7. The first-order valence-corrected chi connectivity index (χ1v) is 4.49. The van der Waals surface area contributed by atoms with E-state index in [1.807, 2.05) is 4.90 Å². The molecular formula is C8H18ClN3O. The molecule has 5 heteroatoms. The highest BCUT2D eigenvalue weighted by atomic mass is 35.5. The average Bonchev–Trinajstić information content (AvgIpc) is 2.16. The number of rotatable bonds is 2. The van der Waals surface area contributed by atoms with Crippen LogP contribution in [0.3, 0.4) is 0 Å². The Hall–Kier alpha value is -0.320. The van der Waals surface area contributed by atoms with Gasteiger partial charge in [0, 0.05) is 19.1 Å². The van der Waals surface area contributed by atoms with Gasteiger partial charge in [0.1, 0.15) is 0 Å². The smallest absolute Gasteiger partial charge is 0.236 e. The number of carbonyl (C=O) groups excluding carboxylic acids is 1. The lowest BCUT2D eigenvalue weighted by Crippen LogP contribution is -2.49. The van der Waals surface area contributed by atoms with Crippen LogP contribution in [0.15, 0.2) is 0 Å². The summed E-state index contributed by atoms with van der Waals surface area (Å²) in [5.74, 6) is 0.0325. The Bertz CT molecular complexity index is 165. The molecule has 4 N–H and O–H groups in total. The Morgan fingerprint density at radius 1 is 1.38 bits per heavy atom. The van der Waals surface area contributed by atoms with E-state index < -0.39 is 0 Å². The molecule has 4 nitrogen and oxygen atoms in total. The van der Waals surface area contributed by atoms with E-state index in [1.54, 1.807) is 0 Å². The van der Waals surface area contributed by atoms with Crippen molar-refractivity contribution in [3.63, 3.8) is 0 Å². The van der Waals surface area contributed by atoms with Gasteiger partial charge in [-0.25, -0.2) is 0 Å². The third-order valence-electron chi connectivity index (χ3n) is 2.39. The summed E-state index contributed by atoms with van der Waals surface area (Å²) in [7, 11) is 0. The second-order valence-electron chi connectivity index (χ2n) is 3.18. The van der Waals surface area contributed by atoms with Crippen LogP contribution in [0, 0.1) is 0 Å². The summed E-state index contributed by atoms with van der Waals surface area (Å²) in [5.41, 5.74) is 10.8. The third-order valence-corrected chi connectivity index (χ3v) is 2.39. The van der Waals surface area contributed by atoms with Gasteiger partial charge in [0.25, 0.3) is 0 Å². The highest BCUT2D eigenvalue weighted by Gasteiger charge is 2.23. The number of hydrogen-bond acceptors (Lipinski definition) is 3. The molecule has 1 saturated heterocycles. The fraction of sp³-hybridized carbons (Fsp3) is 0.875. The Labute approximate surface area is 85.0 Å². The standard InChI is InChI=1S/C8H17N3O.ClH/c9-5-7-3-1-2-4-11(7)8(12)6-10;/h7H,1-6,9-10H2;1H. The first-order chi connectivity index (χ1) is 5.79. The number of halogens is 1. The van der Waals surface area contributed by atoms with E-state index in [9.17, 15) is 4.79 Å². The number of piperidine rings is 1. The van der Waals surface area contributed by atoms with Crippen LogP contribution in [0.5, 0.6) is 0 Å². The van der Waals surface area contributed by atoms with E-state index in [-0.39, 0.29) is 30.9 Å². The molecule has 1 aliphatic heterocycles. The molecule has 0 saturated carbocycles. The van der Waals surface area contributed by atoms with Crippen molar-refractivity contribution in [3.8, 4) is 0 Å². The van der Waals surface area contributed by atoms with E-state index in [0.717, 1.165) is 19.4 Å². The fourth-order valence-electron chi connectivity index (χ4n) is 1.69. The molecule has 0 bridgehead atoms. The largest absolute Gasteiger partial charge is 0.337 e. The van der Waals surface area contributed by atoms with Gasteiger partial charge in [-0.1, -0.05) is 0 Å². The first-order valence-electron chi connectivity index (χ1n) is 4.49. The maximum absolute atomic E-state index is 11.3. The van der Waals surface area contributed by atoms with E-state index in [0.29, 0.717) is 6.54 Å². The maximum atomic E-state index is 11.3. The molecule has 13 heavy (non-hydrogen) atoms. The van der Waals surface area contributed by atoms with Crippen molar-refractivity contribution >= 4 is 18.3 Å². The highest BCUT2D eigenvalue weighted by molar-refractivity contribution is 5.85. The van der Waals surface area contributed by atoms with Gasteiger partial charge < -0.3 is 16.4 Å². The number of likely N-dealkylation sites (tertiary alicyclic amines) is 1. The zero-order valence-corrected chi connectivity index (χ0v) is 8.55. The van der Waals surface area contributed by atoms with Gasteiger partial charge in [0.05, 0.1) is 6.54 Å². The summed E-state index contributed by atoms with van der Waals surface area (Å²) in [6.45, 7) is 1.50. The monoisotopic (exact) mass is 207 g/mol. The summed E-state index contributed by atoms with van der Waals surface area (Å²) < 4.78 is 0. The summed E-state index contributed by atoms with van der Waals surface area (Å²) in [4.78, 5) is 13.1. The molecule has 1 atom stereocenters. The van der Waals surface area contributed by atoms with Gasteiger partial charge in [-0.15, -0.1) is 12.4 Å². The quantitative estimate of drug-likeness (QED) is 0.654. The number of nitrogens with zero attached hydrogens (tertiary/aromatic N) is 1. The fourth-order valence-corrected chi connectivity index (χ4v) is 1.69. The van der Waals surface area contributed by atoms with Crippen LogP contribution in [-0.4, -0.2) is 36.5 Å². The van der Waals surface area contributed by atoms with Crippen LogP contribution < -0.4 is 11.5 Å². The van der Waals surface area contributed by atoms with Crippen LogP contribution in [0.1, 0.15) is 19.3 Å². The van der Waals surface area contributed by atoms with Crippen molar-refractivity contribution in [2.45, 2.75) is 25.3 Å². The van der Waals surface area contributed by atoms with Crippen LogP contribution in [0.4, 0.5) is 0 Å². The van der Waals surface area contributed by atoms with Gasteiger partial charge in [0.2, 0.25) is 5.91 Å². The van der Waals surface area contributed by atoms with Crippen molar-refractivity contribution in [1.82, 2.24) is 4.90 Å².